The first-order valence-electron chi connectivity index (χ1n) is 8.15. The van der Waals surface area contributed by atoms with Gasteiger partial charge in [-0.1, -0.05) is 12.1 Å². The number of methoxy groups -OCH3 is 1. The minimum absolute atomic E-state index is 0.0682. The zero-order valence-electron chi connectivity index (χ0n) is 15.0. The smallest absolute Gasteiger partial charge is 0.294 e. The Morgan fingerprint density at radius 1 is 1.26 bits per heavy atom. The summed E-state index contributed by atoms with van der Waals surface area (Å²) in [7, 11) is 1.49. The molecule has 0 unspecified atom stereocenters. The van der Waals surface area contributed by atoms with Gasteiger partial charge in [0.2, 0.25) is 0 Å². The summed E-state index contributed by atoms with van der Waals surface area (Å²) in [6.45, 7) is 2.24. The molecule has 0 radical (unpaired) electrons. The standard InChI is InChI=1S/C18H20N4O5/c1-3-19-18(23)12-27-16-9-8-13(10-17(16)26-2)11-20-21-14-6-4-5-7-15(14)22(24)25/h4-11,21H,3,12H2,1-2H3,(H,19,23)/b20-11-. The highest BCUT2D eigenvalue weighted by Gasteiger charge is 2.11. The normalized spacial score (nSPS) is 10.4. The molecule has 142 valence electrons. The number of nitrogens with zero attached hydrogens (tertiary/aromatic N) is 2. The Bertz CT molecular complexity index is 838. The third-order valence-electron chi connectivity index (χ3n) is 3.42. The second kappa shape index (κ2) is 9.76. The van der Waals surface area contributed by atoms with Crippen molar-refractivity contribution in [2.75, 3.05) is 25.7 Å². The molecule has 2 rings (SSSR count). The lowest BCUT2D eigenvalue weighted by Gasteiger charge is -2.11. The number of carbonyl (C=O) groups is 1. The number of nitro groups is 1. The average Bonchev–Trinajstić information content (AvgIpc) is 2.67. The highest BCUT2D eigenvalue weighted by atomic mass is 16.6. The number of carbonyl (C=O) groups excluding carboxylic acids is 1. The summed E-state index contributed by atoms with van der Waals surface area (Å²) >= 11 is 0. The zero-order chi connectivity index (χ0) is 19.6. The van der Waals surface area contributed by atoms with E-state index in [2.05, 4.69) is 15.8 Å². The summed E-state index contributed by atoms with van der Waals surface area (Å²) in [5, 5.41) is 17.6. The minimum Gasteiger partial charge on any atom is -0.493 e. The van der Waals surface area contributed by atoms with Gasteiger partial charge in [-0.2, -0.15) is 5.10 Å². The Kier molecular flexibility index (Phi) is 7.12. The molecule has 0 aliphatic rings. The number of nitro benzene ring substituents is 1. The van der Waals surface area contributed by atoms with Crippen LogP contribution < -0.4 is 20.2 Å². The van der Waals surface area contributed by atoms with Crippen molar-refractivity contribution in [2.24, 2.45) is 5.10 Å². The van der Waals surface area contributed by atoms with Crippen LogP contribution in [0.2, 0.25) is 0 Å². The van der Waals surface area contributed by atoms with Crippen molar-refractivity contribution >= 4 is 23.5 Å². The summed E-state index contributed by atoms with van der Waals surface area (Å²) < 4.78 is 10.7. The number of ether oxygens (including phenoxy) is 2. The molecule has 27 heavy (non-hydrogen) atoms. The van der Waals surface area contributed by atoms with Crippen LogP contribution in [-0.4, -0.2) is 37.3 Å². The number of hydrazone groups is 1. The quantitative estimate of drug-likeness (QED) is 0.397. The highest BCUT2D eigenvalue weighted by Crippen LogP contribution is 2.27. The van der Waals surface area contributed by atoms with Crippen LogP contribution in [0.1, 0.15) is 12.5 Å². The molecule has 0 bridgehead atoms. The van der Waals surface area contributed by atoms with Gasteiger partial charge in [-0.3, -0.25) is 20.3 Å². The Morgan fingerprint density at radius 2 is 2.04 bits per heavy atom. The van der Waals surface area contributed by atoms with E-state index in [4.69, 9.17) is 9.47 Å². The number of hydrogen-bond donors (Lipinski definition) is 2. The maximum absolute atomic E-state index is 11.5. The summed E-state index contributed by atoms with van der Waals surface area (Å²) in [4.78, 5) is 22.0. The third kappa shape index (κ3) is 5.70. The largest absolute Gasteiger partial charge is 0.493 e. The van der Waals surface area contributed by atoms with Crippen molar-refractivity contribution in [1.29, 1.82) is 0 Å². The van der Waals surface area contributed by atoms with Gasteiger partial charge in [-0.05, 0) is 36.8 Å². The molecular weight excluding hydrogens is 352 g/mol. The van der Waals surface area contributed by atoms with E-state index in [0.717, 1.165) is 0 Å². The predicted molar refractivity (Wildman–Crippen MR) is 101 cm³/mol. The van der Waals surface area contributed by atoms with Gasteiger partial charge in [0.05, 0.1) is 18.2 Å². The number of amides is 1. The molecule has 9 heteroatoms. The molecule has 0 atom stereocenters. The summed E-state index contributed by atoms with van der Waals surface area (Å²) in [5.74, 6) is 0.639. The predicted octanol–water partition coefficient (Wildman–Crippen LogP) is 2.56. The van der Waals surface area contributed by atoms with Gasteiger partial charge < -0.3 is 14.8 Å². The van der Waals surface area contributed by atoms with Crippen LogP contribution in [-0.2, 0) is 4.79 Å². The van der Waals surface area contributed by atoms with Crippen LogP contribution in [0, 0.1) is 10.1 Å². The molecule has 2 aromatic rings. The SMILES string of the molecule is CCNC(=O)COc1ccc(/C=N\Nc2ccccc2[N+](=O)[O-])cc1OC. The topological polar surface area (TPSA) is 115 Å². The van der Waals surface area contributed by atoms with Crippen LogP contribution in [0.5, 0.6) is 11.5 Å². The van der Waals surface area contributed by atoms with Gasteiger partial charge in [0.25, 0.3) is 11.6 Å². The van der Waals surface area contributed by atoms with E-state index in [1.807, 2.05) is 6.92 Å². The fourth-order valence-electron chi connectivity index (χ4n) is 2.18. The fourth-order valence-corrected chi connectivity index (χ4v) is 2.18. The molecule has 0 aromatic heterocycles. The lowest BCUT2D eigenvalue weighted by atomic mass is 10.2. The van der Waals surface area contributed by atoms with E-state index in [-0.39, 0.29) is 23.9 Å². The molecule has 9 nitrogen and oxygen atoms in total. The van der Waals surface area contributed by atoms with Gasteiger partial charge in [0.15, 0.2) is 18.1 Å². The van der Waals surface area contributed by atoms with Crippen molar-refractivity contribution in [2.45, 2.75) is 6.92 Å². The number of anilines is 1. The van der Waals surface area contributed by atoms with E-state index in [1.54, 1.807) is 36.4 Å². The first-order valence-corrected chi connectivity index (χ1v) is 8.15. The number of nitrogens with one attached hydrogen (secondary N) is 2. The molecule has 0 heterocycles. The third-order valence-corrected chi connectivity index (χ3v) is 3.42. The van der Waals surface area contributed by atoms with Gasteiger partial charge in [0, 0.05) is 12.6 Å². The number of para-hydroxylation sites is 2. The Morgan fingerprint density at radius 3 is 2.74 bits per heavy atom. The molecule has 0 fully saturated rings. The molecule has 0 aliphatic heterocycles. The van der Waals surface area contributed by atoms with Crippen molar-refractivity contribution in [3.8, 4) is 11.5 Å². The second-order valence-electron chi connectivity index (χ2n) is 5.30. The van der Waals surface area contributed by atoms with E-state index < -0.39 is 4.92 Å². The van der Waals surface area contributed by atoms with Gasteiger partial charge in [0.1, 0.15) is 5.69 Å². The monoisotopic (exact) mass is 372 g/mol. The molecule has 2 aromatic carbocycles. The maximum Gasteiger partial charge on any atom is 0.294 e. The number of benzene rings is 2. The molecule has 0 aliphatic carbocycles. The fraction of sp³-hybridized carbons (Fsp3) is 0.222. The molecule has 0 saturated heterocycles. The van der Waals surface area contributed by atoms with Crippen molar-refractivity contribution in [3.05, 3.63) is 58.1 Å². The number of rotatable bonds is 9. The Hall–Kier alpha value is -3.62. The second-order valence-corrected chi connectivity index (χ2v) is 5.30. The zero-order valence-corrected chi connectivity index (χ0v) is 15.0. The van der Waals surface area contributed by atoms with Crippen LogP contribution in [0.15, 0.2) is 47.6 Å². The summed E-state index contributed by atoms with van der Waals surface area (Å²) in [5.41, 5.74) is 3.55. The van der Waals surface area contributed by atoms with Crippen LogP contribution >= 0.6 is 0 Å². The van der Waals surface area contributed by atoms with E-state index in [0.29, 0.717) is 23.6 Å². The van der Waals surface area contributed by atoms with Gasteiger partial charge in [-0.15, -0.1) is 0 Å². The molecule has 0 spiro atoms. The van der Waals surface area contributed by atoms with Crippen LogP contribution in [0.25, 0.3) is 0 Å². The first-order chi connectivity index (χ1) is 13.0. The van der Waals surface area contributed by atoms with Crippen molar-refractivity contribution in [3.63, 3.8) is 0 Å². The molecule has 2 N–H and O–H groups in total. The van der Waals surface area contributed by atoms with Gasteiger partial charge >= 0.3 is 0 Å². The first kappa shape index (κ1) is 19.7. The van der Waals surface area contributed by atoms with Gasteiger partial charge in [-0.25, -0.2) is 0 Å². The van der Waals surface area contributed by atoms with E-state index in [9.17, 15) is 14.9 Å². The summed E-state index contributed by atoms with van der Waals surface area (Å²) in [6.07, 6.45) is 1.49. The lowest BCUT2D eigenvalue weighted by Crippen LogP contribution is -2.28. The highest BCUT2D eigenvalue weighted by molar-refractivity contribution is 5.82. The molecule has 1 amide bonds. The lowest BCUT2D eigenvalue weighted by molar-refractivity contribution is -0.384. The van der Waals surface area contributed by atoms with Crippen LogP contribution in [0.3, 0.4) is 0 Å². The molecular formula is C18H20N4O5. The maximum atomic E-state index is 11.5. The average molecular weight is 372 g/mol. The number of hydrogen-bond acceptors (Lipinski definition) is 7. The Balaban J connectivity index is 2.06. The number of likely N-dealkylation sites (N-methyl/N-ethyl adjacent to an activating group) is 1. The van der Waals surface area contributed by atoms with E-state index >= 15 is 0 Å². The van der Waals surface area contributed by atoms with Crippen molar-refractivity contribution < 1.29 is 19.2 Å². The summed E-state index contributed by atoms with van der Waals surface area (Å²) in [6, 6.07) is 11.3. The Labute approximate surface area is 156 Å². The van der Waals surface area contributed by atoms with Crippen molar-refractivity contribution in [1.82, 2.24) is 5.32 Å². The van der Waals surface area contributed by atoms with Crippen LogP contribution in [0.4, 0.5) is 11.4 Å². The minimum atomic E-state index is -0.484. The van der Waals surface area contributed by atoms with E-state index in [1.165, 1.54) is 19.4 Å². The molecule has 0 saturated carbocycles.